The predicted molar refractivity (Wildman–Crippen MR) is 140 cm³/mol. The summed E-state index contributed by atoms with van der Waals surface area (Å²) in [6.45, 7) is 2.32. The second kappa shape index (κ2) is 10.5. The molecule has 0 radical (unpaired) electrons. The van der Waals surface area contributed by atoms with Crippen molar-refractivity contribution in [2.45, 2.75) is 32.4 Å². The lowest BCUT2D eigenvalue weighted by Crippen LogP contribution is -2.46. The van der Waals surface area contributed by atoms with Gasteiger partial charge in [-0.15, -0.1) is 0 Å². The van der Waals surface area contributed by atoms with E-state index in [1.54, 1.807) is 6.20 Å². The SMILES string of the molecule is Cc1nccc(-c2cccc(NC(=O)C3CCC(=O)N(Cc4ccccc4)C3c3ccccc3)c2)n1. The molecule has 1 aliphatic rings. The van der Waals surface area contributed by atoms with Crippen molar-refractivity contribution in [3.63, 3.8) is 0 Å². The lowest BCUT2D eigenvalue weighted by molar-refractivity contribution is -0.142. The predicted octanol–water partition coefficient (Wildman–Crippen LogP) is 5.57. The van der Waals surface area contributed by atoms with E-state index < -0.39 is 0 Å². The zero-order chi connectivity index (χ0) is 24.9. The maximum Gasteiger partial charge on any atom is 0.229 e. The van der Waals surface area contributed by atoms with Crippen LogP contribution in [0.2, 0.25) is 0 Å². The number of anilines is 1. The largest absolute Gasteiger partial charge is 0.331 e. The highest BCUT2D eigenvalue weighted by molar-refractivity contribution is 5.95. The molecule has 4 aromatic rings. The van der Waals surface area contributed by atoms with Crippen LogP contribution in [-0.4, -0.2) is 26.7 Å². The molecule has 180 valence electrons. The summed E-state index contributed by atoms with van der Waals surface area (Å²) in [6, 6.07) is 29.0. The molecule has 1 aromatic heterocycles. The van der Waals surface area contributed by atoms with E-state index in [0.717, 1.165) is 22.4 Å². The molecule has 1 aliphatic heterocycles. The van der Waals surface area contributed by atoms with Gasteiger partial charge < -0.3 is 10.2 Å². The molecule has 0 saturated carbocycles. The first-order valence-electron chi connectivity index (χ1n) is 12.2. The summed E-state index contributed by atoms with van der Waals surface area (Å²) in [4.78, 5) is 37.3. The Hall–Kier alpha value is -4.32. The van der Waals surface area contributed by atoms with E-state index >= 15 is 0 Å². The number of aryl methyl sites for hydroxylation is 1. The zero-order valence-corrected chi connectivity index (χ0v) is 20.2. The number of likely N-dealkylation sites (tertiary alicyclic amines) is 1. The molecule has 1 N–H and O–H groups in total. The van der Waals surface area contributed by atoms with E-state index in [-0.39, 0.29) is 23.8 Å². The van der Waals surface area contributed by atoms with Gasteiger partial charge in [-0.3, -0.25) is 9.59 Å². The number of aromatic nitrogens is 2. The van der Waals surface area contributed by atoms with Gasteiger partial charge in [0.25, 0.3) is 0 Å². The first-order valence-corrected chi connectivity index (χ1v) is 12.2. The van der Waals surface area contributed by atoms with Crippen molar-refractivity contribution in [3.05, 3.63) is 114 Å². The van der Waals surface area contributed by atoms with Crippen LogP contribution in [-0.2, 0) is 16.1 Å². The van der Waals surface area contributed by atoms with E-state index in [9.17, 15) is 9.59 Å². The average Bonchev–Trinajstić information content (AvgIpc) is 2.91. The van der Waals surface area contributed by atoms with Gasteiger partial charge in [-0.25, -0.2) is 9.97 Å². The Morgan fingerprint density at radius 2 is 1.72 bits per heavy atom. The number of amides is 2. The van der Waals surface area contributed by atoms with Crippen LogP contribution in [0.1, 0.15) is 35.8 Å². The number of nitrogens with zero attached hydrogens (tertiary/aromatic N) is 3. The number of hydrogen-bond donors (Lipinski definition) is 1. The third-order valence-electron chi connectivity index (χ3n) is 6.58. The lowest BCUT2D eigenvalue weighted by Gasteiger charge is -2.41. The monoisotopic (exact) mass is 476 g/mol. The summed E-state index contributed by atoms with van der Waals surface area (Å²) in [5, 5.41) is 3.12. The molecule has 5 rings (SSSR count). The minimum atomic E-state index is -0.376. The molecule has 36 heavy (non-hydrogen) atoms. The van der Waals surface area contributed by atoms with Gasteiger partial charge in [0.2, 0.25) is 11.8 Å². The molecule has 1 fully saturated rings. The van der Waals surface area contributed by atoms with Gasteiger partial charge in [0, 0.05) is 30.4 Å². The second-order valence-electron chi connectivity index (χ2n) is 9.07. The zero-order valence-electron chi connectivity index (χ0n) is 20.2. The Morgan fingerprint density at radius 3 is 2.47 bits per heavy atom. The summed E-state index contributed by atoms with van der Waals surface area (Å²) in [5.74, 6) is 0.292. The van der Waals surface area contributed by atoms with Crippen LogP contribution in [0.3, 0.4) is 0 Å². The van der Waals surface area contributed by atoms with Crippen LogP contribution in [0.25, 0.3) is 11.3 Å². The summed E-state index contributed by atoms with van der Waals surface area (Å²) < 4.78 is 0. The van der Waals surface area contributed by atoms with E-state index in [1.165, 1.54) is 0 Å². The number of piperidine rings is 1. The molecule has 0 spiro atoms. The molecular formula is C30H28N4O2. The maximum atomic E-state index is 13.7. The molecule has 2 heterocycles. The first-order chi connectivity index (χ1) is 17.6. The fraction of sp³-hybridized carbons (Fsp3) is 0.200. The van der Waals surface area contributed by atoms with Crippen molar-refractivity contribution in [1.82, 2.24) is 14.9 Å². The van der Waals surface area contributed by atoms with Crippen LogP contribution in [0.4, 0.5) is 5.69 Å². The van der Waals surface area contributed by atoms with Crippen LogP contribution in [0, 0.1) is 12.8 Å². The van der Waals surface area contributed by atoms with Gasteiger partial charge >= 0.3 is 0 Å². The smallest absolute Gasteiger partial charge is 0.229 e. The third-order valence-corrected chi connectivity index (χ3v) is 6.58. The number of nitrogens with one attached hydrogen (secondary N) is 1. The Morgan fingerprint density at radius 1 is 0.972 bits per heavy atom. The third kappa shape index (κ3) is 5.18. The second-order valence-corrected chi connectivity index (χ2v) is 9.07. The van der Waals surface area contributed by atoms with Crippen molar-refractivity contribution in [1.29, 1.82) is 0 Å². The molecule has 1 saturated heterocycles. The quantitative estimate of drug-likeness (QED) is 0.395. The van der Waals surface area contributed by atoms with Crippen LogP contribution >= 0.6 is 0 Å². The Bertz CT molecular complexity index is 1360. The minimum absolute atomic E-state index is 0.0675. The van der Waals surface area contributed by atoms with Crippen LogP contribution in [0.15, 0.2) is 97.2 Å². The first kappa shape index (κ1) is 23.4. The average molecular weight is 477 g/mol. The van der Waals surface area contributed by atoms with E-state index in [1.807, 2.05) is 103 Å². The van der Waals surface area contributed by atoms with Gasteiger partial charge in [0.05, 0.1) is 17.7 Å². The molecule has 6 heteroatoms. The van der Waals surface area contributed by atoms with Crippen molar-refractivity contribution >= 4 is 17.5 Å². The molecule has 0 bridgehead atoms. The summed E-state index contributed by atoms with van der Waals surface area (Å²) in [6.07, 6.45) is 2.57. The van der Waals surface area contributed by atoms with Gasteiger partial charge in [-0.1, -0.05) is 72.8 Å². The van der Waals surface area contributed by atoms with Gasteiger partial charge in [0.1, 0.15) is 5.82 Å². The van der Waals surface area contributed by atoms with E-state index in [2.05, 4.69) is 15.3 Å². The van der Waals surface area contributed by atoms with Gasteiger partial charge in [0.15, 0.2) is 0 Å². The number of hydrogen-bond acceptors (Lipinski definition) is 4. The highest BCUT2D eigenvalue weighted by atomic mass is 16.2. The molecule has 3 aromatic carbocycles. The molecule has 0 aliphatic carbocycles. The van der Waals surface area contributed by atoms with Crippen molar-refractivity contribution in [2.24, 2.45) is 5.92 Å². The number of carbonyl (C=O) groups excluding carboxylic acids is 2. The summed E-state index contributed by atoms with van der Waals surface area (Å²) in [7, 11) is 0. The Kier molecular flexibility index (Phi) is 6.85. The Balaban J connectivity index is 1.43. The molecule has 2 amide bonds. The van der Waals surface area contributed by atoms with Gasteiger partial charge in [-0.2, -0.15) is 0 Å². The minimum Gasteiger partial charge on any atom is -0.331 e. The topological polar surface area (TPSA) is 75.2 Å². The Labute approximate surface area is 211 Å². The number of rotatable bonds is 6. The summed E-state index contributed by atoms with van der Waals surface area (Å²) >= 11 is 0. The van der Waals surface area contributed by atoms with Gasteiger partial charge in [-0.05, 0) is 42.7 Å². The molecule has 2 unspecified atom stereocenters. The maximum absolute atomic E-state index is 13.7. The van der Waals surface area contributed by atoms with E-state index in [4.69, 9.17) is 0 Å². The van der Waals surface area contributed by atoms with Crippen LogP contribution in [0.5, 0.6) is 0 Å². The molecular weight excluding hydrogens is 448 g/mol. The van der Waals surface area contributed by atoms with Crippen molar-refractivity contribution in [3.8, 4) is 11.3 Å². The number of benzene rings is 3. The fourth-order valence-corrected chi connectivity index (χ4v) is 4.86. The highest BCUT2D eigenvalue weighted by Crippen LogP contribution is 2.38. The molecule has 2 atom stereocenters. The highest BCUT2D eigenvalue weighted by Gasteiger charge is 2.40. The fourth-order valence-electron chi connectivity index (χ4n) is 4.86. The van der Waals surface area contributed by atoms with Crippen molar-refractivity contribution < 1.29 is 9.59 Å². The van der Waals surface area contributed by atoms with Crippen molar-refractivity contribution in [2.75, 3.05) is 5.32 Å². The standard InChI is InChI=1S/C30H28N4O2/c1-21-31-18-17-27(32-21)24-13-8-14-25(19-24)33-30(36)26-15-16-28(35)34(20-22-9-4-2-5-10-22)29(26)23-11-6-3-7-12-23/h2-14,17-19,26,29H,15-16,20H2,1H3,(H,33,36). The van der Waals surface area contributed by atoms with Crippen LogP contribution < -0.4 is 5.32 Å². The van der Waals surface area contributed by atoms with E-state index in [0.29, 0.717) is 30.9 Å². The number of carbonyl (C=O) groups is 2. The molecule has 6 nitrogen and oxygen atoms in total. The lowest BCUT2D eigenvalue weighted by atomic mass is 9.83. The normalized spacial score (nSPS) is 17.6. The summed E-state index contributed by atoms with van der Waals surface area (Å²) in [5.41, 5.74) is 4.42.